The fourth-order valence-electron chi connectivity index (χ4n) is 9.72. The van der Waals surface area contributed by atoms with Crippen molar-refractivity contribution in [1.82, 2.24) is 0 Å². The molecule has 0 aromatic heterocycles. The maximum Gasteiger partial charge on any atom is 0.133 e. The highest BCUT2D eigenvalue weighted by Gasteiger charge is 2.63. The Balaban J connectivity index is 1.42. The largest absolute Gasteiger partial charge is 0.381 e. The van der Waals surface area contributed by atoms with Crippen LogP contribution < -0.4 is 0 Å². The maximum atomic E-state index is 12.4. The monoisotopic (exact) mass is 372 g/mol. The molecule has 152 valence electrons. The van der Waals surface area contributed by atoms with Crippen LogP contribution >= 0.6 is 0 Å². The minimum absolute atomic E-state index is 0.393. The van der Waals surface area contributed by atoms with Gasteiger partial charge in [-0.2, -0.15) is 0 Å². The molecule has 2 nitrogen and oxygen atoms in total. The highest BCUT2D eigenvalue weighted by Crippen LogP contribution is 2.70. The minimum Gasteiger partial charge on any atom is -0.381 e. The van der Waals surface area contributed by atoms with Gasteiger partial charge in [0.2, 0.25) is 0 Å². The number of fused-ring (bicyclic) bond motifs is 4. The van der Waals surface area contributed by atoms with Gasteiger partial charge in [-0.1, -0.05) is 13.3 Å². The lowest BCUT2D eigenvalue weighted by Gasteiger charge is -2.62. The van der Waals surface area contributed by atoms with Crippen LogP contribution in [0.2, 0.25) is 0 Å². The average molecular weight is 373 g/mol. The maximum absolute atomic E-state index is 12.4. The van der Waals surface area contributed by atoms with E-state index in [-0.39, 0.29) is 0 Å². The van der Waals surface area contributed by atoms with E-state index in [9.17, 15) is 4.79 Å². The van der Waals surface area contributed by atoms with Crippen LogP contribution in [0.3, 0.4) is 0 Å². The van der Waals surface area contributed by atoms with Crippen molar-refractivity contribution in [3.8, 4) is 0 Å². The number of ether oxygens (including phenoxy) is 1. The second-order valence-electron chi connectivity index (χ2n) is 11.4. The first-order valence-corrected chi connectivity index (χ1v) is 12.0. The third-order valence-corrected chi connectivity index (χ3v) is 10.9. The van der Waals surface area contributed by atoms with Gasteiger partial charge < -0.3 is 4.74 Å². The summed E-state index contributed by atoms with van der Waals surface area (Å²) in [5.41, 5.74) is 1.11. The van der Waals surface area contributed by atoms with Gasteiger partial charge in [-0.15, -0.1) is 0 Å². The molecule has 5 rings (SSSR count). The van der Waals surface area contributed by atoms with Gasteiger partial charge in [-0.3, -0.25) is 4.79 Å². The van der Waals surface area contributed by atoms with Crippen LogP contribution in [0.25, 0.3) is 0 Å². The Morgan fingerprint density at radius 2 is 1.70 bits per heavy atom. The summed E-state index contributed by atoms with van der Waals surface area (Å²) >= 11 is 0. The number of Topliss-reactive ketones (excluding diaryl/α,β-unsaturated/α-hetero) is 1. The van der Waals surface area contributed by atoms with Crippen molar-refractivity contribution in [2.24, 2.45) is 46.3 Å². The van der Waals surface area contributed by atoms with Crippen LogP contribution in [-0.4, -0.2) is 19.0 Å². The van der Waals surface area contributed by atoms with Crippen molar-refractivity contribution >= 4 is 5.78 Å². The first kappa shape index (κ1) is 18.6. The Morgan fingerprint density at radius 3 is 2.48 bits per heavy atom. The van der Waals surface area contributed by atoms with Crippen molar-refractivity contribution in [1.29, 1.82) is 0 Å². The number of methoxy groups -OCH3 is 1. The molecular formula is C25H40O2. The molecule has 27 heavy (non-hydrogen) atoms. The van der Waals surface area contributed by atoms with E-state index in [1.54, 1.807) is 0 Å². The normalized spacial score (nSPS) is 54.4. The van der Waals surface area contributed by atoms with Gasteiger partial charge in [0.05, 0.1) is 6.10 Å². The smallest absolute Gasteiger partial charge is 0.133 e. The predicted molar refractivity (Wildman–Crippen MR) is 108 cm³/mol. The molecule has 0 bridgehead atoms. The van der Waals surface area contributed by atoms with E-state index in [0.717, 1.165) is 29.6 Å². The standard InChI is InChI=1S/C25H40O2/c1-16(26)19-5-4-12-25-14-11-21-20(23(25)9-8-22(19)25)7-6-17-15-18(27-3)10-13-24(17,21)2/h17-23H,4-15H2,1-3H3/t17-,18+,19-,20?,21?,22?,23?,24-,25?/m0/s1. The second kappa shape index (κ2) is 6.57. The van der Waals surface area contributed by atoms with E-state index < -0.39 is 0 Å². The summed E-state index contributed by atoms with van der Waals surface area (Å²) < 4.78 is 5.76. The number of hydrogen-bond acceptors (Lipinski definition) is 2. The van der Waals surface area contributed by atoms with E-state index in [1.165, 1.54) is 77.0 Å². The van der Waals surface area contributed by atoms with Gasteiger partial charge in [0.1, 0.15) is 5.78 Å². The summed E-state index contributed by atoms with van der Waals surface area (Å²) in [5.74, 6) is 5.33. The molecule has 1 spiro atoms. The third-order valence-electron chi connectivity index (χ3n) is 10.9. The quantitative estimate of drug-likeness (QED) is 0.591. The van der Waals surface area contributed by atoms with E-state index in [0.29, 0.717) is 28.6 Å². The van der Waals surface area contributed by atoms with E-state index in [2.05, 4.69) is 6.92 Å². The molecule has 5 aliphatic carbocycles. The molecule has 0 heterocycles. The fraction of sp³-hybridized carbons (Fsp3) is 0.960. The number of carbonyl (C=O) groups excluding carboxylic acids is 1. The zero-order chi connectivity index (χ0) is 18.8. The van der Waals surface area contributed by atoms with Crippen LogP contribution in [0.5, 0.6) is 0 Å². The number of hydrogen-bond donors (Lipinski definition) is 0. The minimum atomic E-state index is 0.393. The lowest BCUT2D eigenvalue weighted by molar-refractivity contribution is -0.149. The number of carbonyl (C=O) groups is 1. The van der Waals surface area contributed by atoms with E-state index in [1.807, 2.05) is 14.0 Å². The average Bonchev–Trinajstić information content (AvgIpc) is 3.07. The zero-order valence-electron chi connectivity index (χ0n) is 17.8. The van der Waals surface area contributed by atoms with E-state index in [4.69, 9.17) is 4.74 Å². The van der Waals surface area contributed by atoms with Gasteiger partial charge in [0, 0.05) is 13.0 Å². The van der Waals surface area contributed by atoms with Crippen LogP contribution in [0.15, 0.2) is 0 Å². The van der Waals surface area contributed by atoms with Crippen LogP contribution in [0, 0.1) is 46.3 Å². The summed E-state index contributed by atoms with van der Waals surface area (Å²) in [5, 5.41) is 0. The summed E-state index contributed by atoms with van der Waals surface area (Å²) in [6.45, 7) is 4.53. The topological polar surface area (TPSA) is 26.3 Å². The zero-order valence-corrected chi connectivity index (χ0v) is 17.8. The molecule has 5 saturated carbocycles. The summed E-state index contributed by atoms with van der Waals surface area (Å²) in [4.78, 5) is 12.4. The first-order chi connectivity index (χ1) is 13.0. The Hall–Kier alpha value is -0.370. The lowest BCUT2D eigenvalue weighted by Crippen LogP contribution is -2.55. The summed E-state index contributed by atoms with van der Waals surface area (Å²) in [6.07, 6.45) is 17.0. The van der Waals surface area contributed by atoms with Crippen LogP contribution in [0.4, 0.5) is 0 Å². The molecule has 0 radical (unpaired) electrons. The molecule has 5 unspecified atom stereocenters. The van der Waals surface area contributed by atoms with Crippen molar-refractivity contribution in [3.05, 3.63) is 0 Å². The van der Waals surface area contributed by atoms with Gasteiger partial charge in [-0.25, -0.2) is 0 Å². The summed E-state index contributed by atoms with van der Waals surface area (Å²) in [6, 6.07) is 0. The highest BCUT2D eigenvalue weighted by molar-refractivity contribution is 5.78. The predicted octanol–water partition coefficient (Wildman–Crippen LogP) is 6.03. The van der Waals surface area contributed by atoms with Gasteiger partial charge in [-0.05, 0) is 118 Å². The molecular weight excluding hydrogens is 332 g/mol. The highest BCUT2D eigenvalue weighted by atomic mass is 16.5. The molecule has 5 aliphatic rings. The van der Waals surface area contributed by atoms with Crippen LogP contribution in [0.1, 0.15) is 90.9 Å². The SMILES string of the molecule is CO[C@@H]1CC[C@]2(C)C3CCC45CCC[C@@H](C(C)=O)C4CCC5C3CC[C@H]2C1. The molecule has 0 N–H and O–H groups in total. The van der Waals surface area contributed by atoms with Crippen molar-refractivity contribution < 1.29 is 9.53 Å². The lowest BCUT2D eigenvalue weighted by atomic mass is 9.43. The Morgan fingerprint density at radius 1 is 0.889 bits per heavy atom. The second-order valence-corrected chi connectivity index (χ2v) is 11.4. The van der Waals surface area contributed by atoms with Crippen molar-refractivity contribution in [2.75, 3.05) is 7.11 Å². The molecule has 0 amide bonds. The summed E-state index contributed by atoms with van der Waals surface area (Å²) in [7, 11) is 1.91. The number of ketones is 1. The molecule has 0 aromatic rings. The van der Waals surface area contributed by atoms with Gasteiger partial charge in [0.15, 0.2) is 0 Å². The molecule has 2 heteroatoms. The molecule has 9 atom stereocenters. The Bertz CT molecular complexity index is 599. The molecule has 0 aromatic carbocycles. The molecule has 0 saturated heterocycles. The van der Waals surface area contributed by atoms with Crippen LogP contribution in [-0.2, 0) is 9.53 Å². The number of rotatable bonds is 2. The fourth-order valence-corrected chi connectivity index (χ4v) is 9.72. The Kier molecular flexibility index (Phi) is 4.54. The molecule has 0 aliphatic heterocycles. The van der Waals surface area contributed by atoms with Gasteiger partial charge in [0.25, 0.3) is 0 Å². The van der Waals surface area contributed by atoms with E-state index >= 15 is 0 Å². The van der Waals surface area contributed by atoms with Gasteiger partial charge >= 0.3 is 0 Å². The first-order valence-electron chi connectivity index (χ1n) is 12.0. The van der Waals surface area contributed by atoms with Crippen molar-refractivity contribution in [2.45, 2.75) is 97.0 Å². The molecule has 5 fully saturated rings. The third kappa shape index (κ3) is 2.57. The van der Waals surface area contributed by atoms with Crippen molar-refractivity contribution in [3.63, 3.8) is 0 Å². The Labute approximate surface area is 166 Å².